The largest absolute Gasteiger partial charge is 0.465 e. The van der Waals surface area contributed by atoms with E-state index in [1.165, 1.54) is 13.1 Å². The van der Waals surface area contributed by atoms with E-state index in [2.05, 4.69) is 0 Å². The van der Waals surface area contributed by atoms with Crippen LogP contribution in [0.5, 0.6) is 0 Å². The number of amides is 1. The fourth-order valence-corrected chi connectivity index (χ4v) is 1.39. The van der Waals surface area contributed by atoms with Crippen LogP contribution in [0.1, 0.15) is 17.3 Å². The Labute approximate surface area is 104 Å². The summed E-state index contributed by atoms with van der Waals surface area (Å²) < 4.78 is 17.8. The van der Waals surface area contributed by atoms with Crippen LogP contribution >= 0.6 is 0 Å². The number of hydrogen-bond donors (Lipinski definition) is 1. The third-order valence-electron chi connectivity index (χ3n) is 2.26. The second-order valence-electron chi connectivity index (χ2n) is 3.70. The van der Waals surface area contributed by atoms with Crippen LogP contribution in [0.2, 0.25) is 0 Å². The van der Waals surface area contributed by atoms with Gasteiger partial charge in [0.15, 0.2) is 0 Å². The Balaban J connectivity index is 2.80. The Hall–Kier alpha value is -2.11. The molecule has 5 nitrogen and oxygen atoms in total. The third kappa shape index (κ3) is 3.44. The van der Waals surface area contributed by atoms with E-state index >= 15 is 0 Å². The maximum atomic E-state index is 13.0. The molecule has 1 rings (SSSR count). The first kappa shape index (κ1) is 14.0. The molecule has 0 aliphatic rings. The van der Waals surface area contributed by atoms with Gasteiger partial charge in [0.1, 0.15) is 12.4 Å². The second-order valence-corrected chi connectivity index (χ2v) is 3.70. The molecular formula is C12H15FN2O3. The molecule has 0 aliphatic heterocycles. The fourth-order valence-electron chi connectivity index (χ4n) is 1.39. The van der Waals surface area contributed by atoms with Crippen LogP contribution in [0.4, 0.5) is 10.1 Å². The van der Waals surface area contributed by atoms with E-state index in [0.717, 1.165) is 17.0 Å². The van der Waals surface area contributed by atoms with Crippen molar-refractivity contribution in [2.24, 2.45) is 0 Å². The number of nitrogen functional groups attached to an aromatic ring is 1. The van der Waals surface area contributed by atoms with Crippen molar-refractivity contribution in [1.82, 2.24) is 4.90 Å². The number of anilines is 1. The summed E-state index contributed by atoms with van der Waals surface area (Å²) in [5.74, 6) is -1.61. The molecule has 0 saturated heterocycles. The van der Waals surface area contributed by atoms with Crippen molar-refractivity contribution in [3.63, 3.8) is 0 Å². The number of benzene rings is 1. The normalized spacial score (nSPS) is 9.94. The first-order valence-electron chi connectivity index (χ1n) is 5.41. The zero-order valence-corrected chi connectivity index (χ0v) is 10.3. The standard InChI is InChI=1S/C12H15FN2O3/c1-3-18-11(16)7-15(2)12(17)9-6-8(13)4-5-10(9)14/h4-6H,3,7,14H2,1-2H3. The van der Waals surface area contributed by atoms with E-state index in [0.29, 0.717) is 0 Å². The van der Waals surface area contributed by atoms with Crippen LogP contribution in [0.25, 0.3) is 0 Å². The number of nitrogens with two attached hydrogens (primary N) is 1. The molecule has 0 heterocycles. The maximum Gasteiger partial charge on any atom is 0.325 e. The van der Waals surface area contributed by atoms with Gasteiger partial charge < -0.3 is 15.4 Å². The van der Waals surface area contributed by atoms with Crippen molar-refractivity contribution >= 4 is 17.6 Å². The number of esters is 1. The Bertz CT molecular complexity index is 463. The third-order valence-corrected chi connectivity index (χ3v) is 2.26. The zero-order valence-electron chi connectivity index (χ0n) is 10.3. The van der Waals surface area contributed by atoms with Gasteiger partial charge in [0.2, 0.25) is 0 Å². The van der Waals surface area contributed by atoms with Gasteiger partial charge in [0.25, 0.3) is 5.91 Å². The number of ether oxygens (including phenoxy) is 1. The summed E-state index contributed by atoms with van der Waals surface area (Å²) in [5.41, 5.74) is 5.78. The average molecular weight is 254 g/mol. The molecule has 98 valence electrons. The van der Waals surface area contributed by atoms with Gasteiger partial charge in [0, 0.05) is 12.7 Å². The molecular weight excluding hydrogens is 239 g/mol. The number of carbonyl (C=O) groups excluding carboxylic acids is 2. The summed E-state index contributed by atoms with van der Waals surface area (Å²) in [6, 6.07) is 3.51. The molecule has 0 fully saturated rings. The fraction of sp³-hybridized carbons (Fsp3) is 0.333. The van der Waals surface area contributed by atoms with E-state index in [9.17, 15) is 14.0 Å². The molecule has 1 aromatic rings. The Kier molecular flexibility index (Phi) is 4.65. The lowest BCUT2D eigenvalue weighted by Crippen LogP contribution is -2.33. The topological polar surface area (TPSA) is 72.6 Å². The number of nitrogens with zero attached hydrogens (tertiary/aromatic N) is 1. The van der Waals surface area contributed by atoms with Gasteiger partial charge >= 0.3 is 5.97 Å². The van der Waals surface area contributed by atoms with Crippen LogP contribution in [0.3, 0.4) is 0 Å². The molecule has 6 heteroatoms. The van der Waals surface area contributed by atoms with Gasteiger partial charge in [-0.25, -0.2) is 4.39 Å². The highest BCUT2D eigenvalue weighted by Crippen LogP contribution is 2.15. The molecule has 0 unspecified atom stereocenters. The lowest BCUT2D eigenvalue weighted by Gasteiger charge is -2.17. The molecule has 0 spiro atoms. The summed E-state index contributed by atoms with van der Waals surface area (Å²) in [7, 11) is 1.42. The maximum absolute atomic E-state index is 13.0. The molecule has 0 aromatic heterocycles. The first-order chi connectivity index (χ1) is 8.45. The number of rotatable bonds is 4. The van der Waals surface area contributed by atoms with E-state index in [-0.39, 0.29) is 24.4 Å². The molecule has 0 atom stereocenters. The van der Waals surface area contributed by atoms with Crippen molar-refractivity contribution in [3.8, 4) is 0 Å². The number of likely N-dealkylation sites (N-methyl/N-ethyl adjacent to an activating group) is 1. The second kappa shape index (κ2) is 6.00. The van der Waals surface area contributed by atoms with Gasteiger partial charge in [-0.2, -0.15) is 0 Å². The minimum absolute atomic E-state index is 0.0294. The monoisotopic (exact) mass is 254 g/mol. The summed E-state index contributed by atoms with van der Waals surface area (Å²) in [4.78, 5) is 24.3. The molecule has 2 N–H and O–H groups in total. The highest BCUT2D eigenvalue weighted by atomic mass is 19.1. The van der Waals surface area contributed by atoms with Crippen molar-refractivity contribution in [3.05, 3.63) is 29.6 Å². The van der Waals surface area contributed by atoms with E-state index in [1.807, 2.05) is 0 Å². The number of carbonyl (C=O) groups is 2. The summed E-state index contributed by atoms with van der Waals surface area (Å²) in [6.45, 7) is 1.70. The Morgan fingerprint density at radius 3 is 2.72 bits per heavy atom. The average Bonchev–Trinajstić information content (AvgIpc) is 2.31. The summed E-state index contributed by atoms with van der Waals surface area (Å²) >= 11 is 0. The number of hydrogen-bond acceptors (Lipinski definition) is 4. The van der Waals surface area contributed by atoms with Crippen molar-refractivity contribution < 1.29 is 18.7 Å². The molecule has 1 aromatic carbocycles. The molecule has 1 amide bonds. The predicted molar refractivity (Wildman–Crippen MR) is 64.4 cm³/mol. The lowest BCUT2D eigenvalue weighted by atomic mass is 10.1. The molecule has 0 radical (unpaired) electrons. The van der Waals surface area contributed by atoms with E-state index in [1.54, 1.807) is 6.92 Å². The smallest absolute Gasteiger partial charge is 0.325 e. The minimum atomic E-state index is -0.558. The van der Waals surface area contributed by atoms with Crippen molar-refractivity contribution in [1.29, 1.82) is 0 Å². The van der Waals surface area contributed by atoms with E-state index < -0.39 is 17.7 Å². The van der Waals surface area contributed by atoms with Crippen LogP contribution in [0.15, 0.2) is 18.2 Å². The van der Waals surface area contributed by atoms with Crippen LogP contribution in [0, 0.1) is 5.82 Å². The Morgan fingerprint density at radius 1 is 1.44 bits per heavy atom. The molecule has 18 heavy (non-hydrogen) atoms. The van der Waals surface area contributed by atoms with Crippen molar-refractivity contribution in [2.45, 2.75) is 6.92 Å². The van der Waals surface area contributed by atoms with Gasteiger partial charge in [-0.05, 0) is 25.1 Å². The van der Waals surface area contributed by atoms with Gasteiger partial charge in [-0.15, -0.1) is 0 Å². The van der Waals surface area contributed by atoms with Gasteiger partial charge in [-0.1, -0.05) is 0 Å². The summed E-state index contributed by atoms with van der Waals surface area (Å²) in [5, 5.41) is 0. The van der Waals surface area contributed by atoms with Gasteiger partial charge in [0.05, 0.1) is 12.2 Å². The van der Waals surface area contributed by atoms with E-state index in [4.69, 9.17) is 10.5 Å². The quantitative estimate of drug-likeness (QED) is 0.643. The molecule has 0 bridgehead atoms. The molecule has 0 saturated carbocycles. The SMILES string of the molecule is CCOC(=O)CN(C)C(=O)c1cc(F)ccc1N. The zero-order chi connectivity index (χ0) is 13.7. The highest BCUT2D eigenvalue weighted by Gasteiger charge is 2.18. The van der Waals surface area contributed by atoms with Crippen LogP contribution in [-0.2, 0) is 9.53 Å². The summed E-state index contributed by atoms with van der Waals surface area (Å²) in [6.07, 6.45) is 0. The lowest BCUT2D eigenvalue weighted by molar-refractivity contribution is -0.143. The van der Waals surface area contributed by atoms with Gasteiger partial charge in [-0.3, -0.25) is 9.59 Å². The van der Waals surface area contributed by atoms with Crippen molar-refractivity contribution in [2.75, 3.05) is 25.9 Å². The van der Waals surface area contributed by atoms with Crippen LogP contribution in [-0.4, -0.2) is 37.0 Å². The number of halogens is 1. The van der Waals surface area contributed by atoms with Crippen LogP contribution < -0.4 is 5.73 Å². The minimum Gasteiger partial charge on any atom is -0.465 e. The Morgan fingerprint density at radius 2 is 2.11 bits per heavy atom. The molecule has 0 aliphatic carbocycles. The predicted octanol–water partition coefficient (Wildman–Crippen LogP) is 1.04. The highest BCUT2D eigenvalue weighted by molar-refractivity contribution is 6.00. The first-order valence-corrected chi connectivity index (χ1v) is 5.41.